The molecule has 6 nitrogen and oxygen atoms in total. The normalized spacial score (nSPS) is 22.0. The molecular formula is C15H18N4O2S. The SMILES string of the molecule is Cc1nc([C@@H]2CN(C(=O)c3sccc3C3CC3)CCO2)n[nH]1. The summed E-state index contributed by atoms with van der Waals surface area (Å²) in [6.45, 7) is 3.52. The second kappa shape index (κ2) is 5.48. The molecule has 0 aromatic carbocycles. The number of aromatic nitrogens is 3. The van der Waals surface area contributed by atoms with E-state index >= 15 is 0 Å². The summed E-state index contributed by atoms with van der Waals surface area (Å²) in [5, 5.41) is 9.01. The van der Waals surface area contributed by atoms with E-state index < -0.39 is 0 Å². The molecule has 2 aromatic rings. The lowest BCUT2D eigenvalue weighted by atomic mass is 10.1. The Labute approximate surface area is 132 Å². The Morgan fingerprint density at radius 3 is 3.09 bits per heavy atom. The van der Waals surface area contributed by atoms with Crippen molar-refractivity contribution in [2.24, 2.45) is 0 Å². The quantitative estimate of drug-likeness (QED) is 0.942. The highest BCUT2D eigenvalue weighted by atomic mass is 32.1. The van der Waals surface area contributed by atoms with E-state index in [-0.39, 0.29) is 12.0 Å². The highest BCUT2D eigenvalue weighted by Gasteiger charge is 2.33. The Kier molecular flexibility index (Phi) is 3.46. The number of carbonyl (C=O) groups excluding carboxylic acids is 1. The maximum atomic E-state index is 12.8. The standard InChI is InChI=1S/C15H18N4O2S/c1-9-16-14(18-17-9)12-8-19(5-6-21-12)15(20)13-11(4-7-22-13)10-2-3-10/h4,7,10,12H,2-3,5-6,8H2,1H3,(H,16,17,18)/t12-/m0/s1. The predicted octanol–water partition coefficient (Wildman–Crippen LogP) is 2.27. The minimum absolute atomic E-state index is 0.123. The van der Waals surface area contributed by atoms with E-state index in [9.17, 15) is 4.79 Å². The number of rotatable bonds is 3. The van der Waals surface area contributed by atoms with Crippen LogP contribution in [0.1, 0.15) is 51.7 Å². The number of hydrogen-bond donors (Lipinski definition) is 1. The van der Waals surface area contributed by atoms with Crippen LogP contribution in [0, 0.1) is 6.92 Å². The van der Waals surface area contributed by atoms with Gasteiger partial charge >= 0.3 is 0 Å². The molecule has 1 aliphatic heterocycles. The van der Waals surface area contributed by atoms with Crippen molar-refractivity contribution in [2.45, 2.75) is 31.8 Å². The molecule has 2 aliphatic rings. The van der Waals surface area contributed by atoms with E-state index in [2.05, 4.69) is 21.2 Å². The Bertz CT molecular complexity index is 691. The second-order valence-corrected chi connectivity index (χ2v) is 6.79. The topological polar surface area (TPSA) is 71.1 Å². The number of hydrogen-bond acceptors (Lipinski definition) is 5. The minimum atomic E-state index is -0.244. The second-order valence-electron chi connectivity index (χ2n) is 5.87. The Morgan fingerprint density at radius 1 is 1.50 bits per heavy atom. The number of nitrogens with one attached hydrogen (secondary N) is 1. The molecule has 1 N–H and O–H groups in total. The molecule has 1 saturated heterocycles. The zero-order chi connectivity index (χ0) is 15.1. The fourth-order valence-electron chi connectivity index (χ4n) is 2.85. The molecule has 1 amide bonds. The number of morpholine rings is 1. The number of ether oxygens (including phenoxy) is 1. The average Bonchev–Trinajstić information content (AvgIpc) is 3.10. The molecule has 0 radical (unpaired) electrons. The number of aryl methyl sites for hydroxylation is 1. The van der Waals surface area contributed by atoms with Crippen LogP contribution in [0.4, 0.5) is 0 Å². The zero-order valence-corrected chi connectivity index (χ0v) is 13.2. The summed E-state index contributed by atoms with van der Waals surface area (Å²) in [5.41, 5.74) is 1.23. The third-order valence-corrected chi connectivity index (χ3v) is 5.08. The van der Waals surface area contributed by atoms with E-state index in [1.807, 2.05) is 17.2 Å². The zero-order valence-electron chi connectivity index (χ0n) is 12.4. The summed E-state index contributed by atoms with van der Waals surface area (Å²) < 4.78 is 5.73. The van der Waals surface area contributed by atoms with Gasteiger partial charge in [-0.2, -0.15) is 5.10 Å². The van der Waals surface area contributed by atoms with Gasteiger partial charge < -0.3 is 9.64 Å². The first-order valence-electron chi connectivity index (χ1n) is 7.59. The number of amides is 1. The van der Waals surface area contributed by atoms with Crippen molar-refractivity contribution < 1.29 is 9.53 Å². The van der Waals surface area contributed by atoms with Crippen LogP contribution in [0.5, 0.6) is 0 Å². The monoisotopic (exact) mass is 318 g/mol. The lowest BCUT2D eigenvalue weighted by molar-refractivity contribution is -0.0265. The van der Waals surface area contributed by atoms with Crippen LogP contribution < -0.4 is 0 Å². The molecular weight excluding hydrogens is 300 g/mol. The molecule has 1 atom stereocenters. The Hall–Kier alpha value is -1.73. The van der Waals surface area contributed by atoms with Gasteiger partial charge in [-0.05, 0) is 42.7 Å². The molecule has 0 bridgehead atoms. The molecule has 116 valence electrons. The molecule has 2 fully saturated rings. The van der Waals surface area contributed by atoms with Crippen molar-refractivity contribution in [3.8, 4) is 0 Å². The van der Waals surface area contributed by atoms with Crippen molar-refractivity contribution in [1.82, 2.24) is 20.1 Å². The number of H-pyrrole nitrogens is 1. The van der Waals surface area contributed by atoms with Gasteiger partial charge in [-0.15, -0.1) is 11.3 Å². The summed E-state index contributed by atoms with van der Waals surface area (Å²) >= 11 is 1.55. The Morgan fingerprint density at radius 2 is 2.36 bits per heavy atom. The van der Waals surface area contributed by atoms with Gasteiger partial charge in [0, 0.05) is 6.54 Å². The van der Waals surface area contributed by atoms with E-state index in [0.29, 0.717) is 31.4 Å². The molecule has 1 aliphatic carbocycles. The summed E-state index contributed by atoms with van der Waals surface area (Å²) in [4.78, 5) is 19.9. The van der Waals surface area contributed by atoms with Crippen LogP contribution >= 0.6 is 11.3 Å². The molecule has 1 saturated carbocycles. The maximum absolute atomic E-state index is 12.8. The minimum Gasteiger partial charge on any atom is -0.366 e. The third kappa shape index (κ3) is 2.55. The van der Waals surface area contributed by atoms with Crippen molar-refractivity contribution in [2.75, 3.05) is 19.7 Å². The van der Waals surface area contributed by atoms with Gasteiger partial charge in [0.05, 0.1) is 18.0 Å². The van der Waals surface area contributed by atoms with Gasteiger partial charge in [0.2, 0.25) is 0 Å². The van der Waals surface area contributed by atoms with E-state index in [0.717, 1.165) is 10.7 Å². The molecule has 0 unspecified atom stereocenters. The summed E-state index contributed by atoms with van der Waals surface area (Å²) in [5.74, 6) is 2.11. The fraction of sp³-hybridized carbons (Fsp3) is 0.533. The van der Waals surface area contributed by atoms with Gasteiger partial charge in [-0.1, -0.05) is 0 Å². The Balaban J connectivity index is 1.52. The average molecular weight is 318 g/mol. The van der Waals surface area contributed by atoms with Crippen LogP contribution in [0.3, 0.4) is 0 Å². The van der Waals surface area contributed by atoms with Crippen molar-refractivity contribution in [3.63, 3.8) is 0 Å². The van der Waals surface area contributed by atoms with Gasteiger partial charge in [-0.3, -0.25) is 9.89 Å². The first kappa shape index (κ1) is 13.9. The van der Waals surface area contributed by atoms with Gasteiger partial charge in [0.25, 0.3) is 5.91 Å². The van der Waals surface area contributed by atoms with Crippen LogP contribution in [0.2, 0.25) is 0 Å². The highest BCUT2D eigenvalue weighted by Crippen LogP contribution is 2.43. The largest absolute Gasteiger partial charge is 0.366 e. The maximum Gasteiger partial charge on any atom is 0.264 e. The summed E-state index contributed by atoms with van der Waals surface area (Å²) in [6, 6.07) is 2.10. The number of thiophene rings is 1. The first-order valence-corrected chi connectivity index (χ1v) is 8.47. The van der Waals surface area contributed by atoms with Crippen LogP contribution in [-0.4, -0.2) is 45.7 Å². The van der Waals surface area contributed by atoms with E-state index in [4.69, 9.17) is 4.74 Å². The van der Waals surface area contributed by atoms with Gasteiger partial charge in [-0.25, -0.2) is 4.98 Å². The predicted molar refractivity (Wildman–Crippen MR) is 82.0 cm³/mol. The van der Waals surface area contributed by atoms with Crippen molar-refractivity contribution >= 4 is 17.2 Å². The molecule has 7 heteroatoms. The number of nitrogens with zero attached hydrogens (tertiary/aromatic N) is 3. The summed E-state index contributed by atoms with van der Waals surface area (Å²) in [6.07, 6.45) is 2.17. The number of carbonyl (C=O) groups is 1. The van der Waals surface area contributed by atoms with Crippen LogP contribution in [-0.2, 0) is 4.74 Å². The third-order valence-electron chi connectivity index (χ3n) is 4.16. The van der Waals surface area contributed by atoms with Crippen LogP contribution in [0.25, 0.3) is 0 Å². The molecule has 4 rings (SSSR count). The molecule has 2 aromatic heterocycles. The lowest BCUT2D eigenvalue weighted by Gasteiger charge is -2.31. The molecule has 3 heterocycles. The molecule has 22 heavy (non-hydrogen) atoms. The number of aromatic amines is 1. The fourth-order valence-corrected chi connectivity index (χ4v) is 3.80. The van der Waals surface area contributed by atoms with E-state index in [1.54, 1.807) is 11.3 Å². The van der Waals surface area contributed by atoms with Gasteiger partial charge in [0.1, 0.15) is 11.9 Å². The first-order chi connectivity index (χ1) is 10.7. The smallest absolute Gasteiger partial charge is 0.264 e. The van der Waals surface area contributed by atoms with Crippen LogP contribution in [0.15, 0.2) is 11.4 Å². The van der Waals surface area contributed by atoms with Crippen molar-refractivity contribution in [1.29, 1.82) is 0 Å². The summed E-state index contributed by atoms with van der Waals surface area (Å²) in [7, 11) is 0. The van der Waals surface area contributed by atoms with E-state index in [1.165, 1.54) is 18.4 Å². The van der Waals surface area contributed by atoms with Crippen molar-refractivity contribution in [3.05, 3.63) is 33.5 Å². The van der Waals surface area contributed by atoms with Gasteiger partial charge in [0.15, 0.2) is 5.82 Å². The molecule has 0 spiro atoms. The lowest BCUT2D eigenvalue weighted by Crippen LogP contribution is -2.42. The highest BCUT2D eigenvalue weighted by molar-refractivity contribution is 7.12.